The molecule has 1 aromatic heterocycles. The summed E-state index contributed by atoms with van der Waals surface area (Å²) in [6.45, 7) is 7.40. The minimum atomic E-state index is -0.295. The van der Waals surface area contributed by atoms with Crippen molar-refractivity contribution in [3.05, 3.63) is 18.1 Å². The van der Waals surface area contributed by atoms with E-state index in [9.17, 15) is 0 Å². The molecular weight excluding hydrogens is 238 g/mol. The van der Waals surface area contributed by atoms with Gasteiger partial charge < -0.3 is 10.1 Å². The molecule has 0 saturated heterocycles. The number of ether oxygens (including phenoxy) is 1. The van der Waals surface area contributed by atoms with Gasteiger partial charge in [-0.1, -0.05) is 13.8 Å². The van der Waals surface area contributed by atoms with Crippen LogP contribution >= 0.6 is 0 Å². The molecule has 0 aliphatic heterocycles. The lowest BCUT2D eigenvalue weighted by atomic mass is 9.70. The van der Waals surface area contributed by atoms with Gasteiger partial charge in [-0.25, -0.2) is 9.97 Å². The summed E-state index contributed by atoms with van der Waals surface area (Å²) in [5.41, 5.74) is 0.109. The van der Waals surface area contributed by atoms with E-state index in [4.69, 9.17) is 4.74 Å². The third-order valence-corrected chi connectivity index (χ3v) is 4.15. The zero-order valence-corrected chi connectivity index (χ0v) is 12.5. The third-order valence-electron chi connectivity index (χ3n) is 4.15. The quantitative estimate of drug-likeness (QED) is 0.905. The van der Waals surface area contributed by atoms with Crippen molar-refractivity contribution in [2.45, 2.75) is 52.1 Å². The van der Waals surface area contributed by atoms with E-state index in [1.54, 1.807) is 0 Å². The Kier molecular flexibility index (Phi) is 4.09. The first kappa shape index (κ1) is 14.3. The number of aromatic nitrogens is 2. The van der Waals surface area contributed by atoms with Gasteiger partial charge in [-0.15, -0.1) is 0 Å². The van der Waals surface area contributed by atoms with Gasteiger partial charge >= 0.3 is 0 Å². The topological polar surface area (TPSA) is 47.0 Å². The number of anilines is 1. The van der Waals surface area contributed by atoms with Crippen molar-refractivity contribution in [3.63, 3.8) is 0 Å². The summed E-state index contributed by atoms with van der Waals surface area (Å²) in [5, 5.41) is 3.08. The lowest BCUT2D eigenvalue weighted by Crippen LogP contribution is -2.38. The average molecular weight is 263 g/mol. The monoisotopic (exact) mass is 263 g/mol. The summed E-state index contributed by atoms with van der Waals surface area (Å²) in [4.78, 5) is 9.08. The fraction of sp³-hybridized carbons (Fsp3) is 0.733. The van der Waals surface area contributed by atoms with Crippen LogP contribution < -0.4 is 5.32 Å². The molecule has 0 aromatic carbocycles. The first-order valence-corrected chi connectivity index (χ1v) is 7.17. The molecule has 0 atom stereocenters. The fourth-order valence-corrected chi connectivity index (χ4v) is 2.76. The molecule has 0 radical (unpaired) electrons. The van der Waals surface area contributed by atoms with Crippen LogP contribution in [0.1, 0.15) is 52.3 Å². The Bertz CT molecular complexity index is 421. The summed E-state index contributed by atoms with van der Waals surface area (Å²) in [5.74, 6) is 1.69. The Hall–Kier alpha value is -1.16. The van der Waals surface area contributed by atoms with E-state index in [0.717, 1.165) is 37.3 Å². The number of nitrogens with zero attached hydrogens (tertiary/aromatic N) is 2. The van der Waals surface area contributed by atoms with E-state index in [1.807, 2.05) is 26.2 Å². The Balaban J connectivity index is 2.29. The molecule has 1 heterocycles. The highest BCUT2D eigenvalue weighted by Gasteiger charge is 2.42. The molecule has 0 amide bonds. The van der Waals surface area contributed by atoms with Gasteiger partial charge in [0, 0.05) is 19.9 Å². The van der Waals surface area contributed by atoms with Gasteiger partial charge in [0.05, 0.1) is 0 Å². The molecule has 4 nitrogen and oxygen atoms in total. The van der Waals surface area contributed by atoms with Crippen molar-refractivity contribution < 1.29 is 4.74 Å². The van der Waals surface area contributed by atoms with E-state index < -0.39 is 0 Å². The molecule has 106 valence electrons. The van der Waals surface area contributed by atoms with E-state index in [2.05, 4.69) is 29.1 Å². The Labute approximate surface area is 116 Å². The minimum Gasteiger partial charge on any atom is -0.373 e. The zero-order chi connectivity index (χ0) is 13.9. The number of nitrogens with one attached hydrogen (secondary N) is 1. The SMILES string of the molecule is CCOC1(c2nccc(NC)n2)CCC(C)(C)CC1. The van der Waals surface area contributed by atoms with Crippen LogP contribution in [0.3, 0.4) is 0 Å². The van der Waals surface area contributed by atoms with Crippen molar-refractivity contribution in [2.75, 3.05) is 19.0 Å². The lowest BCUT2D eigenvalue weighted by Gasteiger charge is -2.42. The molecule has 1 aliphatic rings. The van der Waals surface area contributed by atoms with Crippen LogP contribution in [0.25, 0.3) is 0 Å². The van der Waals surface area contributed by atoms with Gasteiger partial charge in [0.2, 0.25) is 0 Å². The maximum atomic E-state index is 6.10. The Morgan fingerprint density at radius 2 is 1.95 bits per heavy atom. The zero-order valence-electron chi connectivity index (χ0n) is 12.5. The van der Waals surface area contributed by atoms with Crippen molar-refractivity contribution >= 4 is 5.82 Å². The smallest absolute Gasteiger partial charge is 0.162 e. The Morgan fingerprint density at radius 3 is 2.53 bits per heavy atom. The molecule has 0 unspecified atom stereocenters. The summed E-state index contributed by atoms with van der Waals surface area (Å²) < 4.78 is 6.10. The standard InChI is InChI=1S/C15H25N3O/c1-5-19-15(9-7-14(2,3)8-10-15)13-17-11-6-12(16-4)18-13/h6,11H,5,7-10H2,1-4H3,(H,16,17,18). The van der Waals surface area contributed by atoms with Crippen LogP contribution in [-0.2, 0) is 10.3 Å². The minimum absolute atomic E-state index is 0.295. The van der Waals surface area contributed by atoms with E-state index in [0.29, 0.717) is 12.0 Å². The summed E-state index contributed by atoms with van der Waals surface area (Å²) in [6.07, 6.45) is 6.12. The third kappa shape index (κ3) is 3.06. The highest BCUT2D eigenvalue weighted by molar-refractivity contribution is 5.32. The molecule has 0 spiro atoms. The van der Waals surface area contributed by atoms with Gasteiger partial charge in [0.1, 0.15) is 11.4 Å². The Morgan fingerprint density at radius 1 is 1.26 bits per heavy atom. The normalized spacial score (nSPS) is 21.1. The van der Waals surface area contributed by atoms with Gasteiger partial charge in [0.25, 0.3) is 0 Å². The van der Waals surface area contributed by atoms with Gasteiger partial charge in [-0.3, -0.25) is 0 Å². The molecule has 1 aliphatic carbocycles. The van der Waals surface area contributed by atoms with Gasteiger partial charge in [-0.05, 0) is 44.1 Å². The first-order valence-electron chi connectivity index (χ1n) is 7.17. The second-order valence-corrected chi connectivity index (χ2v) is 6.11. The molecule has 1 aromatic rings. The van der Waals surface area contributed by atoms with Crippen molar-refractivity contribution in [3.8, 4) is 0 Å². The maximum absolute atomic E-state index is 6.10. The van der Waals surface area contributed by atoms with Crippen LogP contribution in [0.5, 0.6) is 0 Å². The molecule has 19 heavy (non-hydrogen) atoms. The van der Waals surface area contributed by atoms with E-state index in [1.165, 1.54) is 0 Å². The maximum Gasteiger partial charge on any atom is 0.162 e. The molecule has 1 fully saturated rings. The second-order valence-electron chi connectivity index (χ2n) is 6.11. The molecule has 0 bridgehead atoms. The summed E-state index contributed by atoms with van der Waals surface area (Å²) >= 11 is 0. The average Bonchev–Trinajstić information content (AvgIpc) is 2.42. The first-order chi connectivity index (χ1) is 9.01. The van der Waals surface area contributed by atoms with Crippen molar-refractivity contribution in [2.24, 2.45) is 5.41 Å². The molecule has 4 heteroatoms. The van der Waals surface area contributed by atoms with Crippen LogP contribution in [0, 0.1) is 5.41 Å². The van der Waals surface area contributed by atoms with Crippen molar-refractivity contribution in [1.82, 2.24) is 9.97 Å². The fourth-order valence-electron chi connectivity index (χ4n) is 2.76. The molecule has 1 saturated carbocycles. The van der Waals surface area contributed by atoms with Crippen molar-refractivity contribution in [1.29, 1.82) is 0 Å². The van der Waals surface area contributed by atoms with Crippen LogP contribution in [0.4, 0.5) is 5.82 Å². The largest absolute Gasteiger partial charge is 0.373 e. The van der Waals surface area contributed by atoms with Crippen LogP contribution in [-0.4, -0.2) is 23.6 Å². The van der Waals surface area contributed by atoms with Crippen LogP contribution in [0.15, 0.2) is 12.3 Å². The molecular formula is C15H25N3O. The number of rotatable bonds is 4. The van der Waals surface area contributed by atoms with Gasteiger partial charge in [-0.2, -0.15) is 0 Å². The van der Waals surface area contributed by atoms with Crippen LogP contribution in [0.2, 0.25) is 0 Å². The highest BCUT2D eigenvalue weighted by atomic mass is 16.5. The van der Waals surface area contributed by atoms with Gasteiger partial charge in [0.15, 0.2) is 5.82 Å². The lowest BCUT2D eigenvalue weighted by molar-refractivity contribution is -0.0947. The highest BCUT2D eigenvalue weighted by Crippen LogP contribution is 2.46. The second kappa shape index (κ2) is 5.45. The summed E-state index contributed by atoms with van der Waals surface area (Å²) in [6, 6.07) is 1.88. The predicted molar refractivity (Wildman–Crippen MR) is 77.1 cm³/mol. The number of hydrogen-bond donors (Lipinski definition) is 1. The van der Waals surface area contributed by atoms with E-state index >= 15 is 0 Å². The molecule has 2 rings (SSSR count). The van der Waals surface area contributed by atoms with E-state index in [-0.39, 0.29) is 5.60 Å². The molecule has 1 N–H and O–H groups in total. The number of hydrogen-bond acceptors (Lipinski definition) is 4. The summed E-state index contributed by atoms with van der Waals surface area (Å²) in [7, 11) is 1.88. The predicted octanol–water partition coefficient (Wildman–Crippen LogP) is 3.35.